The molecule has 4 N–H and O–H groups in total. The summed E-state index contributed by atoms with van der Waals surface area (Å²) in [6.07, 6.45) is 0.231. The first-order valence-electron chi connectivity index (χ1n) is 10.2. The van der Waals surface area contributed by atoms with Crippen molar-refractivity contribution in [2.45, 2.75) is 32.2 Å². The van der Waals surface area contributed by atoms with E-state index in [9.17, 15) is 9.59 Å². The molecule has 0 aliphatic carbocycles. The molecule has 5 nitrogen and oxygen atoms in total. The molecular weight excluding hydrogens is 376 g/mol. The van der Waals surface area contributed by atoms with Gasteiger partial charge in [-0.15, -0.1) is 0 Å². The van der Waals surface area contributed by atoms with Gasteiger partial charge < -0.3 is 16.2 Å². The smallest absolute Gasteiger partial charge is 0.320 e. The molecule has 30 heavy (non-hydrogen) atoms. The molecule has 0 bridgehead atoms. The number of carbonyl (C=O) groups excluding carboxylic acids is 1. The van der Waals surface area contributed by atoms with Crippen LogP contribution < -0.4 is 11.1 Å². The van der Waals surface area contributed by atoms with Crippen molar-refractivity contribution in [3.63, 3.8) is 0 Å². The van der Waals surface area contributed by atoms with Gasteiger partial charge in [0, 0.05) is 18.0 Å². The highest BCUT2D eigenvalue weighted by Crippen LogP contribution is 2.27. The number of rotatable bonds is 8. The molecule has 0 heterocycles. The van der Waals surface area contributed by atoms with E-state index in [1.807, 2.05) is 12.1 Å². The lowest BCUT2D eigenvalue weighted by molar-refractivity contribution is -0.138. The molecule has 0 aromatic heterocycles. The summed E-state index contributed by atoms with van der Waals surface area (Å²) < 4.78 is 0. The van der Waals surface area contributed by atoms with Crippen LogP contribution in [0.2, 0.25) is 0 Å². The summed E-state index contributed by atoms with van der Waals surface area (Å²) in [4.78, 5) is 23.5. The molecule has 156 valence electrons. The molecule has 1 amide bonds. The van der Waals surface area contributed by atoms with Crippen LogP contribution in [0.15, 0.2) is 66.7 Å². The van der Waals surface area contributed by atoms with E-state index in [1.54, 1.807) is 24.3 Å². The van der Waals surface area contributed by atoms with E-state index in [0.717, 1.165) is 5.56 Å². The zero-order valence-corrected chi connectivity index (χ0v) is 17.3. The van der Waals surface area contributed by atoms with Gasteiger partial charge in [-0.3, -0.25) is 9.59 Å². The average Bonchev–Trinajstić information content (AvgIpc) is 2.73. The van der Waals surface area contributed by atoms with Crippen molar-refractivity contribution < 1.29 is 14.7 Å². The maximum Gasteiger partial charge on any atom is 0.320 e. The van der Waals surface area contributed by atoms with Crippen LogP contribution in [0.1, 0.15) is 41.3 Å². The Labute approximate surface area is 176 Å². The van der Waals surface area contributed by atoms with Gasteiger partial charge in [-0.25, -0.2) is 0 Å². The van der Waals surface area contributed by atoms with Gasteiger partial charge >= 0.3 is 5.97 Å². The summed E-state index contributed by atoms with van der Waals surface area (Å²) in [5.41, 5.74) is 8.11. The lowest BCUT2D eigenvalue weighted by Gasteiger charge is -2.22. The SMILES string of the molecule is CC(C)[C@@H](CNC(=O)c1ccc(CC(N)C(=O)O)cc1)c1ccc2ccccc2c1. The average molecular weight is 405 g/mol. The number of amides is 1. The standard InChI is InChI=1S/C25H28N2O3/c1-16(2)22(21-12-11-18-5-3-4-6-20(18)14-21)15-27-24(28)19-9-7-17(8-10-19)13-23(26)25(29)30/h3-12,14,16,22-23H,13,15,26H2,1-2H3,(H,27,28)(H,29,30)/t22-,23?/m1/s1. The van der Waals surface area contributed by atoms with E-state index in [4.69, 9.17) is 10.8 Å². The number of fused-ring (bicyclic) bond motifs is 1. The minimum Gasteiger partial charge on any atom is -0.480 e. The third kappa shape index (κ3) is 5.24. The van der Waals surface area contributed by atoms with Crippen molar-refractivity contribution in [1.82, 2.24) is 5.32 Å². The molecule has 0 fully saturated rings. The Morgan fingerprint density at radius 1 is 0.967 bits per heavy atom. The van der Waals surface area contributed by atoms with E-state index in [0.29, 0.717) is 18.0 Å². The van der Waals surface area contributed by atoms with Crippen LogP contribution in [-0.4, -0.2) is 29.6 Å². The van der Waals surface area contributed by atoms with Crippen LogP contribution in [0.25, 0.3) is 10.8 Å². The van der Waals surface area contributed by atoms with E-state index < -0.39 is 12.0 Å². The molecule has 1 unspecified atom stereocenters. The van der Waals surface area contributed by atoms with Gasteiger partial charge in [-0.1, -0.05) is 68.4 Å². The number of nitrogens with one attached hydrogen (secondary N) is 1. The molecule has 0 saturated carbocycles. The number of aliphatic carboxylic acids is 1. The Morgan fingerprint density at radius 3 is 2.27 bits per heavy atom. The van der Waals surface area contributed by atoms with Crippen LogP contribution in [0.4, 0.5) is 0 Å². The fraction of sp³-hybridized carbons (Fsp3) is 0.280. The fourth-order valence-corrected chi connectivity index (χ4v) is 3.62. The zero-order chi connectivity index (χ0) is 21.7. The number of benzene rings is 3. The Morgan fingerprint density at radius 2 is 1.63 bits per heavy atom. The highest BCUT2D eigenvalue weighted by Gasteiger charge is 2.18. The maximum atomic E-state index is 12.6. The largest absolute Gasteiger partial charge is 0.480 e. The van der Waals surface area contributed by atoms with Crippen LogP contribution in [0, 0.1) is 5.92 Å². The van der Waals surface area contributed by atoms with Gasteiger partial charge in [0.2, 0.25) is 0 Å². The van der Waals surface area contributed by atoms with Gasteiger partial charge in [0.05, 0.1) is 0 Å². The van der Waals surface area contributed by atoms with Gasteiger partial charge in [0.25, 0.3) is 5.91 Å². The van der Waals surface area contributed by atoms with Crippen LogP contribution >= 0.6 is 0 Å². The zero-order valence-electron chi connectivity index (χ0n) is 17.3. The number of carboxylic acid groups (broad SMARTS) is 1. The fourth-order valence-electron chi connectivity index (χ4n) is 3.62. The molecule has 3 aromatic carbocycles. The summed E-state index contributed by atoms with van der Waals surface area (Å²) in [7, 11) is 0. The number of hydrogen-bond acceptors (Lipinski definition) is 3. The molecule has 3 aromatic rings. The number of carboxylic acids is 1. The second-order valence-electron chi connectivity index (χ2n) is 8.01. The Balaban J connectivity index is 1.67. The van der Waals surface area contributed by atoms with Gasteiger partial charge in [-0.2, -0.15) is 0 Å². The number of nitrogens with two attached hydrogens (primary N) is 1. The first-order valence-corrected chi connectivity index (χ1v) is 10.2. The molecule has 0 aliphatic rings. The van der Waals surface area contributed by atoms with E-state index in [-0.39, 0.29) is 18.2 Å². The van der Waals surface area contributed by atoms with Crippen molar-refractivity contribution in [3.8, 4) is 0 Å². The topological polar surface area (TPSA) is 92.4 Å². The summed E-state index contributed by atoms with van der Waals surface area (Å²) in [6.45, 7) is 4.86. The van der Waals surface area contributed by atoms with E-state index in [2.05, 4.69) is 49.5 Å². The molecule has 0 radical (unpaired) electrons. The summed E-state index contributed by atoms with van der Waals surface area (Å²) >= 11 is 0. The minimum atomic E-state index is -1.04. The van der Waals surface area contributed by atoms with Gasteiger partial charge in [0.1, 0.15) is 6.04 Å². The Hall–Kier alpha value is -3.18. The predicted octanol–water partition coefficient (Wildman–Crippen LogP) is 3.96. The number of carbonyl (C=O) groups is 2. The number of hydrogen-bond donors (Lipinski definition) is 3. The van der Waals surface area contributed by atoms with Crippen LogP contribution in [0.3, 0.4) is 0 Å². The van der Waals surface area contributed by atoms with Crippen molar-refractivity contribution >= 4 is 22.6 Å². The van der Waals surface area contributed by atoms with Crippen LogP contribution in [0.5, 0.6) is 0 Å². The van der Waals surface area contributed by atoms with Crippen molar-refractivity contribution in [3.05, 3.63) is 83.4 Å². The van der Waals surface area contributed by atoms with E-state index >= 15 is 0 Å². The summed E-state index contributed by atoms with van der Waals surface area (Å²) in [5.74, 6) is -0.613. The lowest BCUT2D eigenvalue weighted by Crippen LogP contribution is -2.32. The molecule has 5 heteroatoms. The maximum absolute atomic E-state index is 12.6. The summed E-state index contributed by atoms with van der Waals surface area (Å²) in [5, 5.41) is 14.4. The molecule has 0 spiro atoms. The second-order valence-corrected chi connectivity index (χ2v) is 8.01. The molecule has 0 aliphatic heterocycles. The first kappa shape index (κ1) is 21.5. The Kier molecular flexibility index (Phi) is 6.85. The monoisotopic (exact) mass is 404 g/mol. The lowest BCUT2D eigenvalue weighted by atomic mass is 9.87. The van der Waals surface area contributed by atoms with Crippen LogP contribution in [-0.2, 0) is 11.2 Å². The summed E-state index contributed by atoms with van der Waals surface area (Å²) in [6, 6.07) is 20.7. The normalized spacial score (nSPS) is 13.2. The first-order chi connectivity index (χ1) is 14.3. The quantitative estimate of drug-likeness (QED) is 0.530. The third-order valence-electron chi connectivity index (χ3n) is 5.48. The minimum absolute atomic E-state index is 0.143. The molecule has 0 saturated heterocycles. The van der Waals surface area contributed by atoms with Crippen molar-refractivity contribution in [1.29, 1.82) is 0 Å². The van der Waals surface area contributed by atoms with Crippen molar-refractivity contribution in [2.24, 2.45) is 11.7 Å². The van der Waals surface area contributed by atoms with Crippen molar-refractivity contribution in [2.75, 3.05) is 6.54 Å². The van der Waals surface area contributed by atoms with E-state index in [1.165, 1.54) is 16.3 Å². The molecular formula is C25H28N2O3. The van der Waals surface area contributed by atoms with Gasteiger partial charge in [0.15, 0.2) is 0 Å². The second kappa shape index (κ2) is 9.55. The molecule has 2 atom stereocenters. The molecule has 3 rings (SSSR count). The predicted molar refractivity (Wildman–Crippen MR) is 120 cm³/mol. The van der Waals surface area contributed by atoms with Gasteiger partial charge in [-0.05, 0) is 46.4 Å². The highest BCUT2D eigenvalue weighted by atomic mass is 16.4. The highest BCUT2D eigenvalue weighted by molar-refractivity contribution is 5.94. The third-order valence-corrected chi connectivity index (χ3v) is 5.48. The Bertz CT molecular complexity index is 1030.